The van der Waals surface area contributed by atoms with Gasteiger partial charge in [-0.1, -0.05) is 0 Å². The van der Waals surface area contributed by atoms with Gasteiger partial charge >= 0.3 is 209 Å². The molecule has 0 spiro atoms. The molecule has 0 aromatic carbocycles. The van der Waals surface area contributed by atoms with E-state index in [1.54, 1.807) is 2.89 Å². The van der Waals surface area contributed by atoms with Crippen LogP contribution < -0.4 is 2.89 Å². The molecule has 6 heteroatoms. The van der Waals surface area contributed by atoms with Crippen LogP contribution in [0.5, 0.6) is 0 Å². The number of unbranched alkanes of at least 4 members (excludes halogenated alkanes) is 3. The van der Waals surface area contributed by atoms with E-state index in [1.165, 1.54) is 75.5 Å². The van der Waals surface area contributed by atoms with E-state index >= 15 is 0 Å². The minimum absolute atomic E-state index is 0.276. The Balaban J connectivity index is 2.13. The second kappa shape index (κ2) is 13.9. The van der Waals surface area contributed by atoms with E-state index in [9.17, 15) is 4.79 Å². The first-order valence-electron chi connectivity index (χ1n) is 13.5. The fourth-order valence-corrected chi connectivity index (χ4v) is 28.3. The van der Waals surface area contributed by atoms with Crippen LogP contribution in [0.25, 0.3) is 0 Å². The number of fused-ring (bicyclic) bond motifs is 1. The average Bonchev–Trinajstić information content (AvgIpc) is 3.36. The van der Waals surface area contributed by atoms with Gasteiger partial charge in [-0.25, -0.2) is 0 Å². The summed E-state index contributed by atoms with van der Waals surface area (Å²) < 4.78 is 12.6. The minimum atomic E-state index is -2.43. The van der Waals surface area contributed by atoms with Crippen LogP contribution in [-0.2, 0) is 11.0 Å². The zero-order valence-corrected chi connectivity index (χ0v) is 26.5. The van der Waals surface area contributed by atoms with E-state index in [1.807, 2.05) is 16.2 Å². The summed E-state index contributed by atoms with van der Waals surface area (Å²) in [4.78, 5) is 16.4. The SMILES string of the molecule is CCC[CH2][Sn]([CH2]CCC)([CH2]CCC)[c]1cc2c(s1)C(=O)N(CCO[Si](CC)(CC)CC)C2. The molecule has 0 bridgehead atoms. The molecule has 0 saturated carbocycles. The van der Waals surface area contributed by atoms with E-state index < -0.39 is 26.7 Å². The van der Waals surface area contributed by atoms with E-state index in [-0.39, 0.29) is 5.91 Å². The normalized spacial score (nSPS) is 14.4. The van der Waals surface area contributed by atoms with E-state index in [0.717, 1.165) is 18.0 Å². The molecule has 0 atom stereocenters. The number of rotatable bonds is 17. The zero-order valence-electron chi connectivity index (χ0n) is 21.9. The van der Waals surface area contributed by atoms with Crippen LogP contribution >= 0.6 is 11.3 Å². The van der Waals surface area contributed by atoms with E-state index in [4.69, 9.17) is 4.43 Å². The Hall–Kier alpha value is 0.146. The van der Waals surface area contributed by atoms with Crippen molar-refractivity contribution in [2.75, 3.05) is 13.2 Å². The summed E-state index contributed by atoms with van der Waals surface area (Å²) in [5, 5.41) is 0. The van der Waals surface area contributed by atoms with Gasteiger partial charge < -0.3 is 0 Å². The molecular weight excluding hydrogens is 537 g/mol. The summed E-state index contributed by atoms with van der Waals surface area (Å²) in [6.07, 6.45) is 8.02. The summed E-state index contributed by atoms with van der Waals surface area (Å²) in [6, 6.07) is 6.03. The van der Waals surface area contributed by atoms with Crippen molar-refractivity contribution in [1.82, 2.24) is 4.90 Å². The van der Waals surface area contributed by atoms with Gasteiger partial charge in [-0.2, -0.15) is 0 Å². The molecule has 0 radical (unpaired) electrons. The van der Waals surface area contributed by atoms with Crippen molar-refractivity contribution in [2.24, 2.45) is 0 Å². The number of hydrogen-bond donors (Lipinski definition) is 0. The average molecular weight is 587 g/mol. The maximum atomic E-state index is 13.3. The van der Waals surface area contributed by atoms with Crippen molar-refractivity contribution >= 4 is 46.8 Å². The van der Waals surface area contributed by atoms with Crippen LogP contribution in [0, 0.1) is 0 Å². The van der Waals surface area contributed by atoms with E-state index in [2.05, 4.69) is 47.6 Å². The van der Waals surface area contributed by atoms with Crippen LogP contribution in [0.1, 0.15) is 95.3 Å². The molecule has 32 heavy (non-hydrogen) atoms. The summed E-state index contributed by atoms with van der Waals surface area (Å²) >= 11 is -0.519. The molecule has 1 aromatic heterocycles. The first kappa shape index (κ1) is 28.4. The van der Waals surface area contributed by atoms with Crippen LogP contribution in [0.4, 0.5) is 0 Å². The number of nitrogens with zero attached hydrogens (tertiary/aromatic N) is 1. The van der Waals surface area contributed by atoms with Crippen LogP contribution in [0.3, 0.4) is 0 Å². The van der Waals surface area contributed by atoms with Crippen LogP contribution in [0.15, 0.2) is 6.07 Å². The molecule has 0 fully saturated rings. The Bertz CT molecular complexity index is 674. The molecule has 1 aliphatic heterocycles. The molecule has 0 unspecified atom stereocenters. The zero-order chi connectivity index (χ0) is 23.6. The standard InChI is InChI=1S/C14H22NO2SSi.3C4H9.Sn/c1-4-19(5-2,6-3)17-9-8-15-11-12-7-10-18-13(12)14(15)16;3*1-3-4-2;/h7H,4-6,8-9,11H2,1-3H3;3*1,3-4H2,2H3;. The molecule has 2 rings (SSSR count). The van der Waals surface area contributed by atoms with Gasteiger partial charge in [0, 0.05) is 0 Å². The van der Waals surface area contributed by atoms with Crippen molar-refractivity contribution in [1.29, 1.82) is 0 Å². The maximum absolute atomic E-state index is 13.3. The Labute approximate surface area is 207 Å². The molecule has 0 aliphatic carbocycles. The molecule has 0 saturated heterocycles. The third-order valence-electron chi connectivity index (χ3n) is 7.90. The monoisotopic (exact) mass is 587 g/mol. The van der Waals surface area contributed by atoms with Crippen molar-refractivity contribution in [2.45, 2.75) is 118 Å². The number of hydrogen-bond acceptors (Lipinski definition) is 3. The number of amides is 1. The first-order valence-corrected chi connectivity index (χ1v) is 24.3. The Morgan fingerprint density at radius 1 is 0.938 bits per heavy atom. The number of thiophene rings is 1. The molecule has 1 aliphatic rings. The van der Waals surface area contributed by atoms with Crippen LogP contribution in [0.2, 0.25) is 31.4 Å². The van der Waals surface area contributed by atoms with Crippen molar-refractivity contribution < 1.29 is 9.22 Å². The van der Waals surface area contributed by atoms with Gasteiger partial charge in [-0.05, 0) is 0 Å². The van der Waals surface area contributed by atoms with Gasteiger partial charge in [0.25, 0.3) is 0 Å². The fourth-order valence-electron chi connectivity index (χ4n) is 5.31. The Morgan fingerprint density at radius 2 is 1.47 bits per heavy atom. The topological polar surface area (TPSA) is 29.5 Å². The molecule has 1 aromatic rings. The molecule has 2 heterocycles. The first-order chi connectivity index (χ1) is 15.4. The van der Waals surface area contributed by atoms with Gasteiger partial charge in [0.2, 0.25) is 0 Å². The second-order valence-electron chi connectivity index (χ2n) is 9.87. The predicted molar refractivity (Wildman–Crippen MR) is 147 cm³/mol. The third-order valence-corrected chi connectivity index (χ3v) is 32.0. The van der Waals surface area contributed by atoms with Gasteiger partial charge in [0.1, 0.15) is 0 Å². The van der Waals surface area contributed by atoms with Crippen molar-refractivity contribution in [3.63, 3.8) is 0 Å². The Morgan fingerprint density at radius 3 is 1.91 bits per heavy atom. The summed E-state index contributed by atoms with van der Waals surface area (Å²) in [6.45, 7) is 16.1. The molecule has 1 amide bonds. The van der Waals surface area contributed by atoms with Crippen LogP contribution in [-0.4, -0.2) is 50.7 Å². The van der Waals surface area contributed by atoms with Crippen molar-refractivity contribution in [3.8, 4) is 0 Å². The molecular formula is C26H49NO2SSiSn. The quantitative estimate of drug-likeness (QED) is 0.175. The number of carbonyl (C=O) groups is 1. The van der Waals surface area contributed by atoms with Gasteiger partial charge in [-0.15, -0.1) is 0 Å². The summed E-state index contributed by atoms with van der Waals surface area (Å²) in [5.74, 6) is 0.276. The summed E-state index contributed by atoms with van der Waals surface area (Å²) in [7, 11) is -1.57. The Kier molecular flexibility index (Phi) is 12.3. The third kappa shape index (κ3) is 6.85. The van der Waals surface area contributed by atoms with Gasteiger partial charge in [0.15, 0.2) is 0 Å². The van der Waals surface area contributed by atoms with E-state index in [0.29, 0.717) is 6.61 Å². The molecule has 3 nitrogen and oxygen atoms in total. The summed E-state index contributed by atoms with van der Waals surface area (Å²) in [5.41, 5.74) is 1.32. The fraction of sp³-hybridized carbons (Fsp3) is 0.808. The second-order valence-corrected chi connectivity index (χ2v) is 29.9. The molecule has 184 valence electrons. The van der Waals surface area contributed by atoms with Gasteiger partial charge in [0.05, 0.1) is 0 Å². The molecule has 0 N–H and O–H groups in total. The predicted octanol–water partition coefficient (Wildman–Crippen LogP) is 7.78. The van der Waals surface area contributed by atoms with Crippen molar-refractivity contribution in [3.05, 3.63) is 16.5 Å². The van der Waals surface area contributed by atoms with Gasteiger partial charge in [-0.3, -0.25) is 0 Å². The number of carbonyl (C=O) groups excluding carboxylic acids is 1.